The maximum atomic E-state index is 11.6. The second-order valence-electron chi connectivity index (χ2n) is 8.02. The van der Waals surface area contributed by atoms with Gasteiger partial charge in [0.1, 0.15) is 17.2 Å². The molecule has 0 amide bonds. The Morgan fingerprint density at radius 1 is 0.750 bits per heavy atom. The number of phenolic OH excluding ortho intramolecular Hbond substituents is 2. The van der Waals surface area contributed by atoms with Gasteiger partial charge in [-0.05, 0) is 45.8 Å². The van der Waals surface area contributed by atoms with Gasteiger partial charge in [0.25, 0.3) is 0 Å². The molecular formula is C29H21CuN2O4+. The van der Waals surface area contributed by atoms with Crippen LogP contribution in [0, 0.1) is 0 Å². The molecule has 0 heterocycles. The van der Waals surface area contributed by atoms with Crippen LogP contribution in [-0.2, 0) is 17.1 Å². The minimum Gasteiger partial charge on any atom is -0.507 e. The molecule has 0 bridgehead atoms. The average Bonchev–Trinajstić information content (AvgIpc) is 2.88. The predicted octanol–water partition coefficient (Wildman–Crippen LogP) is 4.68. The first kappa shape index (κ1) is 24.7. The quantitative estimate of drug-likeness (QED) is 0.198. The molecule has 5 aromatic rings. The fraction of sp³-hybridized carbons (Fsp3) is 0. The van der Waals surface area contributed by atoms with Gasteiger partial charge in [-0.2, -0.15) is 0 Å². The molecule has 0 aliphatic carbocycles. The number of carboxylic acid groups (broad SMARTS) is 1. The van der Waals surface area contributed by atoms with Crippen LogP contribution in [0.2, 0.25) is 0 Å². The van der Waals surface area contributed by atoms with Gasteiger partial charge in [0, 0.05) is 34.9 Å². The summed E-state index contributed by atoms with van der Waals surface area (Å²) < 4.78 is 0. The number of aromatic carboxylic acids is 1. The molecule has 0 spiro atoms. The van der Waals surface area contributed by atoms with Crippen LogP contribution in [0.25, 0.3) is 21.5 Å². The summed E-state index contributed by atoms with van der Waals surface area (Å²) in [6, 6.07) is 26.8. The maximum Gasteiger partial charge on any atom is 0.335 e. The Labute approximate surface area is 217 Å². The number of benzene rings is 5. The zero-order valence-electron chi connectivity index (χ0n) is 18.8. The number of aromatic hydroxyl groups is 2. The molecule has 0 aromatic heterocycles. The van der Waals surface area contributed by atoms with Crippen molar-refractivity contribution in [3.05, 3.63) is 108 Å². The van der Waals surface area contributed by atoms with E-state index in [1.54, 1.807) is 24.4 Å². The van der Waals surface area contributed by atoms with E-state index >= 15 is 0 Å². The van der Waals surface area contributed by atoms with E-state index in [1.165, 1.54) is 18.3 Å². The number of hydrogen-bond acceptors (Lipinski definition) is 4. The van der Waals surface area contributed by atoms with E-state index in [4.69, 9.17) is 0 Å². The monoisotopic (exact) mass is 524 g/mol. The number of nitrogens with one attached hydrogen (secondary N) is 1. The molecular weight excluding hydrogens is 504 g/mol. The SMILES string of the molecule is O=C(O)c1ccc([NH+]=Cc2c(O)ccc3ccccc23)c(N=Cc2c(O)ccc3ccccc23)c1.[Cu]. The first-order chi connectivity index (χ1) is 17.0. The summed E-state index contributed by atoms with van der Waals surface area (Å²) in [4.78, 5) is 19.3. The minimum absolute atomic E-state index is 0. The molecule has 0 atom stereocenters. The number of fused-ring (bicyclic) bond motifs is 2. The number of rotatable bonds is 5. The molecule has 0 saturated heterocycles. The van der Waals surface area contributed by atoms with Crippen LogP contribution in [-0.4, -0.2) is 33.7 Å². The standard InChI is InChI=1S/C29H20N2O4.Cu/c32-27-13-10-18-5-1-3-7-21(18)23(27)16-30-25-12-9-20(29(34)35)15-26(25)31-17-24-22-8-4-2-6-19(22)11-14-28(24)33;/h1-17,32-33H,(H,34,35);/p+1. The number of hydrogen-bond donors (Lipinski definition) is 4. The van der Waals surface area contributed by atoms with E-state index < -0.39 is 5.97 Å². The third-order valence-electron chi connectivity index (χ3n) is 5.84. The zero-order chi connectivity index (χ0) is 24.4. The molecule has 4 N–H and O–H groups in total. The Balaban J connectivity index is 0.00000304. The summed E-state index contributed by atoms with van der Waals surface area (Å²) in [5.41, 5.74) is 2.13. The summed E-state index contributed by atoms with van der Waals surface area (Å²) in [7, 11) is 0. The molecule has 5 aromatic carbocycles. The predicted molar refractivity (Wildman–Crippen MR) is 138 cm³/mol. The molecule has 1 radical (unpaired) electrons. The van der Waals surface area contributed by atoms with Crippen molar-refractivity contribution in [3.8, 4) is 11.5 Å². The second-order valence-corrected chi connectivity index (χ2v) is 8.02. The first-order valence-corrected chi connectivity index (χ1v) is 10.9. The topological polar surface area (TPSA) is 104 Å². The number of nitrogens with zero attached hydrogens (tertiary/aromatic N) is 1. The third kappa shape index (κ3) is 4.84. The molecule has 0 fully saturated rings. The molecule has 0 aliphatic heterocycles. The van der Waals surface area contributed by atoms with Crippen LogP contribution in [0.3, 0.4) is 0 Å². The fourth-order valence-corrected chi connectivity index (χ4v) is 4.03. The third-order valence-corrected chi connectivity index (χ3v) is 5.84. The number of carboxylic acids is 1. The van der Waals surface area contributed by atoms with Crippen molar-refractivity contribution in [2.75, 3.05) is 0 Å². The Bertz CT molecular complexity index is 1660. The van der Waals surface area contributed by atoms with Crippen molar-refractivity contribution in [2.45, 2.75) is 0 Å². The summed E-state index contributed by atoms with van der Waals surface area (Å²) in [5.74, 6) is -0.885. The van der Waals surface area contributed by atoms with Gasteiger partial charge in [0.2, 0.25) is 5.69 Å². The molecule has 5 rings (SSSR count). The van der Waals surface area contributed by atoms with Gasteiger partial charge in [-0.15, -0.1) is 0 Å². The zero-order valence-corrected chi connectivity index (χ0v) is 19.8. The van der Waals surface area contributed by atoms with E-state index in [0.29, 0.717) is 22.5 Å². The maximum absolute atomic E-state index is 11.6. The molecule has 36 heavy (non-hydrogen) atoms. The van der Waals surface area contributed by atoms with Crippen molar-refractivity contribution >= 4 is 51.3 Å². The van der Waals surface area contributed by atoms with Gasteiger partial charge in [0.05, 0.1) is 11.1 Å². The van der Waals surface area contributed by atoms with E-state index in [9.17, 15) is 20.1 Å². The Kier molecular flexibility index (Phi) is 7.15. The second kappa shape index (κ2) is 10.4. The van der Waals surface area contributed by atoms with Gasteiger partial charge in [-0.1, -0.05) is 60.7 Å². The van der Waals surface area contributed by atoms with Crippen molar-refractivity contribution in [2.24, 2.45) is 4.99 Å². The van der Waals surface area contributed by atoms with E-state index in [-0.39, 0.29) is 34.1 Å². The van der Waals surface area contributed by atoms with E-state index in [0.717, 1.165) is 21.5 Å². The summed E-state index contributed by atoms with van der Waals surface area (Å²) in [5, 5.41) is 34.0. The van der Waals surface area contributed by atoms with Crippen LogP contribution in [0.15, 0.2) is 96.0 Å². The number of carbonyl (C=O) groups is 1. The van der Waals surface area contributed by atoms with Gasteiger partial charge < -0.3 is 15.3 Å². The van der Waals surface area contributed by atoms with E-state index in [2.05, 4.69) is 9.98 Å². The summed E-state index contributed by atoms with van der Waals surface area (Å²) in [6.07, 6.45) is 3.20. The molecule has 7 heteroatoms. The normalized spacial score (nSPS) is 11.3. The Morgan fingerprint density at radius 2 is 1.33 bits per heavy atom. The Morgan fingerprint density at radius 3 is 1.97 bits per heavy atom. The summed E-state index contributed by atoms with van der Waals surface area (Å²) in [6.45, 7) is 0. The van der Waals surface area contributed by atoms with Crippen molar-refractivity contribution < 1.29 is 42.2 Å². The van der Waals surface area contributed by atoms with Crippen LogP contribution >= 0.6 is 0 Å². The fourth-order valence-electron chi connectivity index (χ4n) is 4.03. The number of phenols is 2. The van der Waals surface area contributed by atoms with Crippen molar-refractivity contribution in [1.29, 1.82) is 0 Å². The number of aliphatic imine (C=N–C) groups is 1. The van der Waals surface area contributed by atoms with Gasteiger partial charge >= 0.3 is 5.97 Å². The van der Waals surface area contributed by atoms with Crippen molar-refractivity contribution in [1.82, 2.24) is 0 Å². The van der Waals surface area contributed by atoms with E-state index in [1.807, 2.05) is 60.7 Å². The van der Waals surface area contributed by atoms with Crippen LogP contribution in [0.1, 0.15) is 21.5 Å². The van der Waals surface area contributed by atoms with Gasteiger partial charge in [0.15, 0.2) is 6.21 Å². The molecule has 0 saturated carbocycles. The Hall–Kier alpha value is -4.45. The van der Waals surface area contributed by atoms with Crippen LogP contribution in [0.4, 0.5) is 11.4 Å². The van der Waals surface area contributed by atoms with Crippen molar-refractivity contribution in [3.63, 3.8) is 0 Å². The molecule has 6 nitrogen and oxygen atoms in total. The first-order valence-electron chi connectivity index (χ1n) is 10.9. The van der Waals surface area contributed by atoms with Gasteiger partial charge in [-0.25, -0.2) is 14.8 Å². The largest absolute Gasteiger partial charge is 0.507 e. The van der Waals surface area contributed by atoms with Crippen LogP contribution < -0.4 is 4.99 Å². The van der Waals surface area contributed by atoms with Crippen LogP contribution in [0.5, 0.6) is 11.5 Å². The average molecular weight is 525 g/mol. The smallest absolute Gasteiger partial charge is 0.335 e. The minimum atomic E-state index is -1.07. The van der Waals surface area contributed by atoms with Gasteiger partial charge in [-0.3, -0.25) is 0 Å². The molecule has 0 unspecified atom stereocenters. The molecule has 0 aliphatic rings. The molecule has 181 valence electrons. The summed E-state index contributed by atoms with van der Waals surface area (Å²) >= 11 is 0.